The number of fused-ring (bicyclic) bond motifs is 1. The maximum Gasteiger partial charge on any atom is 0.272 e. The summed E-state index contributed by atoms with van der Waals surface area (Å²) in [5.74, 6) is 0. The van der Waals surface area contributed by atoms with Crippen molar-refractivity contribution in [2.75, 3.05) is 13.7 Å². The van der Waals surface area contributed by atoms with Crippen molar-refractivity contribution in [2.24, 2.45) is 0 Å². The van der Waals surface area contributed by atoms with Gasteiger partial charge in [-0.05, 0) is 14.0 Å². The van der Waals surface area contributed by atoms with Crippen molar-refractivity contribution >= 4 is 5.65 Å². The van der Waals surface area contributed by atoms with Gasteiger partial charge in [0.1, 0.15) is 0 Å². The molecule has 6 heteroatoms. The Bertz CT molecular complexity index is 560. The van der Waals surface area contributed by atoms with Crippen molar-refractivity contribution in [3.63, 3.8) is 0 Å². The number of rotatable bonds is 4. The molecule has 2 aromatic rings. The highest BCUT2D eigenvalue weighted by atomic mass is 16.3. The first-order valence-electron chi connectivity index (χ1n) is 5.49. The van der Waals surface area contributed by atoms with Gasteiger partial charge in [0.25, 0.3) is 5.56 Å². The molecule has 2 aromatic heterocycles. The predicted molar refractivity (Wildman–Crippen MR) is 63.8 cm³/mol. The van der Waals surface area contributed by atoms with Gasteiger partial charge in [0.2, 0.25) is 0 Å². The van der Waals surface area contributed by atoms with E-state index in [1.54, 1.807) is 12.3 Å². The monoisotopic (exact) mass is 236 g/mol. The lowest BCUT2D eigenvalue weighted by atomic mass is 10.3. The molecule has 0 amide bonds. The van der Waals surface area contributed by atoms with Gasteiger partial charge in [-0.25, -0.2) is 9.50 Å². The lowest BCUT2D eigenvalue weighted by Gasteiger charge is -2.22. The number of aliphatic hydroxyl groups is 1. The molecule has 0 aliphatic rings. The van der Waals surface area contributed by atoms with Crippen molar-refractivity contribution in [2.45, 2.75) is 19.5 Å². The third kappa shape index (κ3) is 2.37. The number of likely N-dealkylation sites (N-methyl/N-ethyl adjacent to an activating group) is 1. The number of aromatic amines is 1. The first-order valence-corrected chi connectivity index (χ1v) is 5.49. The Morgan fingerprint density at radius 1 is 1.65 bits per heavy atom. The van der Waals surface area contributed by atoms with Gasteiger partial charge in [0.05, 0.1) is 12.3 Å². The topological polar surface area (TPSA) is 73.6 Å². The summed E-state index contributed by atoms with van der Waals surface area (Å²) in [6, 6.07) is 3.30. The Morgan fingerprint density at radius 3 is 3.12 bits per heavy atom. The van der Waals surface area contributed by atoms with E-state index >= 15 is 0 Å². The van der Waals surface area contributed by atoms with E-state index in [0.29, 0.717) is 17.9 Å². The van der Waals surface area contributed by atoms with Crippen LogP contribution in [0.2, 0.25) is 0 Å². The fraction of sp³-hybridized carbons (Fsp3) is 0.455. The molecule has 0 aliphatic carbocycles. The fourth-order valence-corrected chi connectivity index (χ4v) is 1.61. The molecule has 17 heavy (non-hydrogen) atoms. The van der Waals surface area contributed by atoms with Gasteiger partial charge in [0.15, 0.2) is 5.65 Å². The zero-order chi connectivity index (χ0) is 12.4. The molecule has 0 aromatic carbocycles. The van der Waals surface area contributed by atoms with Crippen LogP contribution in [0, 0.1) is 0 Å². The van der Waals surface area contributed by atoms with Crippen LogP contribution >= 0.6 is 0 Å². The number of hydrogen-bond donors (Lipinski definition) is 2. The molecule has 0 bridgehead atoms. The van der Waals surface area contributed by atoms with Crippen LogP contribution in [-0.4, -0.2) is 44.3 Å². The normalized spacial score (nSPS) is 13.4. The van der Waals surface area contributed by atoms with E-state index in [2.05, 4.69) is 10.1 Å². The lowest BCUT2D eigenvalue weighted by Crippen LogP contribution is -2.32. The quantitative estimate of drug-likeness (QED) is 0.773. The van der Waals surface area contributed by atoms with Crippen molar-refractivity contribution in [1.82, 2.24) is 19.5 Å². The highest BCUT2D eigenvalue weighted by Crippen LogP contribution is 2.03. The summed E-state index contributed by atoms with van der Waals surface area (Å²) in [5.41, 5.74) is 1.19. The average molecular weight is 236 g/mol. The van der Waals surface area contributed by atoms with E-state index in [1.807, 2.05) is 18.9 Å². The van der Waals surface area contributed by atoms with Gasteiger partial charge in [-0.3, -0.25) is 14.8 Å². The van der Waals surface area contributed by atoms with Crippen molar-refractivity contribution in [3.05, 3.63) is 34.4 Å². The lowest BCUT2D eigenvalue weighted by molar-refractivity contribution is 0.153. The Labute approximate surface area is 98.5 Å². The first-order chi connectivity index (χ1) is 8.11. The first kappa shape index (κ1) is 11.8. The zero-order valence-electron chi connectivity index (χ0n) is 9.92. The number of nitrogens with one attached hydrogen (secondary N) is 1. The molecule has 92 valence electrons. The number of nitrogens with zero attached hydrogens (tertiary/aromatic N) is 3. The molecule has 0 spiro atoms. The minimum absolute atomic E-state index is 0.0430. The summed E-state index contributed by atoms with van der Waals surface area (Å²) < 4.78 is 1.39. The van der Waals surface area contributed by atoms with Crippen molar-refractivity contribution in [1.29, 1.82) is 0 Å². The van der Waals surface area contributed by atoms with Crippen LogP contribution in [-0.2, 0) is 6.54 Å². The van der Waals surface area contributed by atoms with Crippen molar-refractivity contribution < 1.29 is 5.11 Å². The SMILES string of the molecule is CC(CO)N(C)Cc1cc(=O)n2[nH]ccc2n1. The maximum atomic E-state index is 11.7. The Kier molecular flexibility index (Phi) is 3.26. The summed E-state index contributed by atoms with van der Waals surface area (Å²) >= 11 is 0. The minimum Gasteiger partial charge on any atom is -0.395 e. The summed E-state index contributed by atoms with van der Waals surface area (Å²) in [7, 11) is 1.89. The third-order valence-electron chi connectivity index (χ3n) is 2.86. The largest absolute Gasteiger partial charge is 0.395 e. The number of hydrogen-bond acceptors (Lipinski definition) is 4. The van der Waals surface area contributed by atoms with Crippen LogP contribution in [0.1, 0.15) is 12.6 Å². The number of aromatic nitrogens is 3. The maximum absolute atomic E-state index is 11.7. The molecule has 0 radical (unpaired) electrons. The molecule has 0 saturated heterocycles. The van der Waals surface area contributed by atoms with Gasteiger partial charge >= 0.3 is 0 Å². The van der Waals surface area contributed by atoms with Crippen molar-refractivity contribution in [3.8, 4) is 0 Å². The molecule has 0 saturated carbocycles. The molecule has 0 aliphatic heterocycles. The zero-order valence-corrected chi connectivity index (χ0v) is 9.92. The molecule has 2 rings (SSSR count). The second-order valence-electron chi connectivity index (χ2n) is 4.19. The summed E-state index contributed by atoms with van der Waals surface area (Å²) in [5, 5.41) is 11.8. The summed E-state index contributed by atoms with van der Waals surface area (Å²) in [4.78, 5) is 18.0. The van der Waals surface area contributed by atoms with E-state index < -0.39 is 0 Å². The smallest absolute Gasteiger partial charge is 0.272 e. The van der Waals surface area contributed by atoms with Crippen LogP contribution < -0.4 is 5.56 Å². The van der Waals surface area contributed by atoms with Crippen LogP contribution in [0.25, 0.3) is 5.65 Å². The second kappa shape index (κ2) is 4.68. The molecule has 2 heterocycles. The number of aliphatic hydroxyl groups excluding tert-OH is 1. The third-order valence-corrected chi connectivity index (χ3v) is 2.86. The van der Waals surface area contributed by atoms with E-state index in [4.69, 9.17) is 5.11 Å². The molecular weight excluding hydrogens is 220 g/mol. The summed E-state index contributed by atoms with van der Waals surface area (Å²) in [6.07, 6.45) is 1.67. The standard InChI is InChI=1S/C11H16N4O2/c1-8(7-16)14(2)6-9-5-11(17)15-10(13-9)3-4-12-15/h3-5,8,12,16H,6-7H2,1-2H3. The van der Waals surface area contributed by atoms with E-state index in [0.717, 1.165) is 0 Å². The Balaban J connectivity index is 2.27. The van der Waals surface area contributed by atoms with Crippen LogP contribution in [0.4, 0.5) is 0 Å². The van der Waals surface area contributed by atoms with Crippen LogP contribution in [0.5, 0.6) is 0 Å². The highest BCUT2D eigenvalue weighted by Gasteiger charge is 2.10. The molecule has 1 unspecified atom stereocenters. The highest BCUT2D eigenvalue weighted by molar-refractivity contribution is 5.36. The van der Waals surface area contributed by atoms with Gasteiger partial charge in [0, 0.05) is 30.9 Å². The molecule has 1 atom stereocenters. The van der Waals surface area contributed by atoms with Gasteiger partial charge in [-0.2, -0.15) is 0 Å². The molecule has 6 nitrogen and oxygen atoms in total. The molecular formula is C11H16N4O2. The fourth-order valence-electron chi connectivity index (χ4n) is 1.61. The molecule has 0 fully saturated rings. The van der Waals surface area contributed by atoms with E-state index in [9.17, 15) is 4.79 Å². The summed E-state index contributed by atoms with van der Waals surface area (Å²) in [6.45, 7) is 2.54. The molecule has 2 N–H and O–H groups in total. The predicted octanol–water partition coefficient (Wildman–Crippen LogP) is -0.165. The number of H-pyrrole nitrogens is 1. The van der Waals surface area contributed by atoms with E-state index in [-0.39, 0.29) is 18.2 Å². The minimum atomic E-state index is -0.125. The Hall–Kier alpha value is -1.66. The Morgan fingerprint density at radius 2 is 2.41 bits per heavy atom. The van der Waals surface area contributed by atoms with E-state index in [1.165, 1.54) is 10.6 Å². The average Bonchev–Trinajstić information content (AvgIpc) is 2.76. The van der Waals surface area contributed by atoms with Gasteiger partial charge in [-0.1, -0.05) is 0 Å². The van der Waals surface area contributed by atoms with Crippen LogP contribution in [0.15, 0.2) is 23.1 Å². The van der Waals surface area contributed by atoms with Gasteiger partial charge in [-0.15, -0.1) is 0 Å². The van der Waals surface area contributed by atoms with Gasteiger partial charge < -0.3 is 5.11 Å². The van der Waals surface area contributed by atoms with Crippen LogP contribution in [0.3, 0.4) is 0 Å². The second-order valence-corrected chi connectivity index (χ2v) is 4.19.